The number of fused-ring (bicyclic) bond motifs is 1. The summed E-state index contributed by atoms with van der Waals surface area (Å²) < 4.78 is 41.2. The molecule has 0 spiro atoms. The number of aromatic amines is 1. The van der Waals surface area contributed by atoms with Crippen molar-refractivity contribution in [1.29, 1.82) is 0 Å². The zero-order valence-electron chi connectivity index (χ0n) is 17.5. The van der Waals surface area contributed by atoms with Crippen LogP contribution in [0, 0.1) is 0 Å². The van der Waals surface area contributed by atoms with Gasteiger partial charge in [0.1, 0.15) is 5.82 Å². The lowest BCUT2D eigenvalue weighted by Crippen LogP contribution is -2.35. The zero-order valence-corrected chi connectivity index (χ0v) is 17.5. The van der Waals surface area contributed by atoms with E-state index in [-0.39, 0.29) is 5.56 Å². The van der Waals surface area contributed by atoms with Gasteiger partial charge < -0.3 is 9.55 Å². The summed E-state index contributed by atoms with van der Waals surface area (Å²) in [5.74, 6) is 0.499. The Kier molecular flexibility index (Phi) is 5.33. The number of pyridine rings is 1. The highest BCUT2D eigenvalue weighted by molar-refractivity contribution is 5.53. The van der Waals surface area contributed by atoms with Crippen molar-refractivity contribution in [2.75, 3.05) is 6.54 Å². The number of H-pyrrole nitrogens is 1. The third-order valence-corrected chi connectivity index (χ3v) is 5.75. The van der Waals surface area contributed by atoms with Crippen molar-refractivity contribution in [3.05, 3.63) is 100.0 Å². The first kappa shape index (κ1) is 21.1. The maximum absolute atomic E-state index is 13.1. The largest absolute Gasteiger partial charge is 0.416 e. The fourth-order valence-electron chi connectivity index (χ4n) is 4.11. The van der Waals surface area contributed by atoms with Crippen LogP contribution in [0.25, 0.3) is 17.1 Å². The van der Waals surface area contributed by atoms with Crippen LogP contribution in [0.2, 0.25) is 0 Å². The maximum atomic E-state index is 13.1. The van der Waals surface area contributed by atoms with Gasteiger partial charge in [0.05, 0.1) is 16.8 Å². The van der Waals surface area contributed by atoms with E-state index in [1.165, 1.54) is 6.07 Å². The summed E-state index contributed by atoms with van der Waals surface area (Å²) in [4.78, 5) is 26.4. The highest BCUT2D eigenvalue weighted by atomic mass is 19.4. The molecule has 4 aromatic rings. The van der Waals surface area contributed by atoms with Gasteiger partial charge in [-0.1, -0.05) is 6.07 Å². The summed E-state index contributed by atoms with van der Waals surface area (Å²) in [5.41, 5.74) is 2.55. The van der Waals surface area contributed by atoms with Crippen LogP contribution in [0.4, 0.5) is 13.2 Å². The number of nitrogens with one attached hydrogen (secondary N) is 1. The number of alkyl halides is 3. The molecule has 1 N–H and O–H groups in total. The molecule has 33 heavy (non-hydrogen) atoms. The Labute approximate surface area is 187 Å². The monoisotopic (exact) mass is 451 g/mol. The molecule has 0 unspecified atom stereocenters. The number of hydrogen-bond donors (Lipinski definition) is 1. The zero-order chi connectivity index (χ0) is 23.0. The van der Waals surface area contributed by atoms with Gasteiger partial charge >= 0.3 is 6.18 Å². The summed E-state index contributed by atoms with van der Waals surface area (Å²) in [6.07, 6.45) is 1.27. The molecule has 4 heterocycles. The lowest BCUT2D eigenvalue weighted by atomic mass is 10.1. The first-order chi connectivity index (χ1) is 15.9. The van der Waals surface area contributed by atoms with Crippen LogP contribution in [-0.4, -0.2) is 31.0 Å². The summed E-state index contributed by atoms with van der Waals surface area (Å²) in [6, 6.07) is 12.6. The molecule has 1 aliphatic rings. The Balaban J connectivity index is 1.38. The molecule has 0 fully saturated rings. The number of rotatable bonds is 4. The third kappa shape index (κ3) is 4.31. The standard InChI is InChI=1S/C24H20F3N5O/c25-24(26,27)17-5-1-6-18(12-17)32-10-3-7-19(32)14-31-11-8-21-20(15-31)23(33)30-22(29-21)16-4-2-9-28-13-16/h1-7,9-10,12-13H,8,11,14-15H2,(H,29,30,33). The summed E-state index contributed by atoms with van der Waals surface area (Å²) in [6.45, 7) is 1.59. The number of hydrogen-bond acceptors (Lipinski definition) is 4. The second-order valence-corrected chi connectivity index (χ2v) is 7.96. The molecule has 3 aromatic heterocycles. The van der Waals surface area contributed by atoms with E-state index in [0.717, 1.165) is 29.1 Å². The van der Waals surface area contributed by atoms with Gasteiger partial charge in [0.15, 0.2) is 0 Å². The van der Waals surface area contributed by atoms with Gasteiger partial charge in [0.25, 0.3) is 5.56 Å². The molecular weight excluding hydrogens is 431 g/mol. The molecule has 0 saturated carbocycles. The van der Waals surface area contributed by atoms with Crippen LogP contribution in [0.15, 0.2) is 71.9 Å². The Morgan fingerprint density at radius 1 is 1.09 bits per heavy atom. The fraction of sp³-hybridized carbons (Fsp3) is 0.208. The van der Waals surface area contributed by atoms with E-state index in [2.05, 4.69) is 19.9 Å². The van der Waals surface area contributed by atoms with Crippen LogP contribution in [0.1, 0.15) is 22.5 Å². The van der Waals surface area contributed by atoms with Gasteiger partial charge in [-0.3, -0.25) is 14.7 Å². The van der Waals surface area contributed by atoms with Gasteiger partial charge in [-0.05, 0) is 42.5 Å². The number of aromatic nitrogens is 4. The van der Waals surface area contributed by atoms with Crippen LogP contribution in [0.5, 0.6) is 0 Å². The summed E-state index contributed by atoms with van der Waals surface area (Å²) >= 11 is 0. The Bertz CT molecular complexity index is 1340. The third-order valence-electron chi connectivity index (χ3n) is 5.75. The van der Waals surface area contributed by atoms with Crippen molar-refractivity contribution in [2.24, 2.45) is 0 Å². The van der Waals surface area contributed by atoms with Gasteiger partial charge in [0.2, 0.25) is 0 Å². The second-order valence-electron chi connectivity index (χ2n) is 7.96. The fourth-order valence-corrected chi connectivity index (χ4v) is 4.11. The predicted octanol–water partition coefficient (Wildman–Crippen LogP) is 4.20. The van der Waals surface area contributed by atoms with Gasteiger partial charge in [-0.2, -0.15) is 13.2 Å². The van der Waals surface area contributed by atoms with Crippen LogP contribution in [-0.2, 0) is 25.7 Å². The highest BCUT2D eigenvalue weighted by Gasteiger charge is 2.30. The van der Waals surface area contributed by atoms with Crippen LogP contribution < -0.4 is 5.56 Å². The van der Waals surface area contributed by atoms with Crippen molar-refractivity contribution < 1.29 is 13.2 Å². The van der Waals surface area contributed by atoms with Crippen molar-refractivity contribution in [1.82, 2.24) is 24.4 Å². The molecular formula is C24H20F3N5O. The Hall–Kier alpha value is -3.72. The van der Waals surface area contributed by atoms with E-state index in [9.17, 15) is 18.0 Å². The maximum Gasteiger partial charge on any atom is 0.416 e. The van der Waals surface area contributed by atoms with Gasteiger partial charge in [-0.25, -0.2) is 4.98 Å². The molecule has 0 aliphatic carbocycles. The molecule has 1 aliphatic heterocycles. The first-order valence-electron chi connectivity index (χ1n) is 10.5. The minimum Gasteiger partial charge on any atom is -0.320 e. The Morgan fingerprint density at radius 3 is 2.76 bits per heavy atom. The van der Waals surface area contributed by atoms with E-state index in [0.29, 0.717) is 43.1 Å². The van der Waals surface area contributed by atoms with E-state index >= 15 is 0 Å². The normalized spacial score (nSPS) is 14.3. The minimum absolute atomic E-state index is 0.184. The Morgan fingerprint density at radius 2 is 1.97 bits per heavy atom. The quantitative estimate of drug-likeness (QED) is 0.505. The van der Waals surface area contributed by atoms with Gasteiger partial charge in [0, 0.05) is 61.6 Å². The molecule has 168 valence electrons. The topological polar surface area (TPSA) is 66.8 Å². The lowest BCUT2D eigenvalue weighted by Gasteiger charge is -2.28. The summed E-state index contributed by atoms with van der Waals surface area (Å²) in [7, 11) is 0. The van der Waals surface area contributed by atoms with E-state index in [1.807, 2.05) is 18.2 Å². The molecule has 5 rings (SSSR count). The summed E-state index contributed by atoms with van der Waals surface area (Å²) in [5, 5.41) is 0. The molecule has 9 heteroatoms. The van der Waals surface area contributed by atoms with E-state index < -0.39 is 11.7 Å². The number of benzene rings is 1. The SMILES string of the molecule is O=c1[nH]c(-c2cccnc2)nc2c1CN(Cc1cccn1-c1cccc(C(F)(F)F)c1)CC2. The van der Waals surface area contributed by atoms with E-state index in [4.69, 9.17) is 0 Å². The molecule has 6 nitrogen and oxygen atoms in total. The smallest absolute Gasteiger partial charge is 0.320 e. The minimum atomic E-state index is -4.40. The van der Waals surface area contributed by atoms with Crippen molar-refractivity contribution >= 4 is 0 Å². The first-order valence-corrected chi connectivity index (χ1v) is 10.5. The highest BCUT2D eigenvalue weighted by Crippen LogP contribution is 2.31. The number of halogens is 3. The molecule has 0 radical (unpaired) electrons. The van der Waals surface area contributed by atoms with Crippen LogP contribution in [0.3, 0.4) is 0 Å². The predicted molar refractivity (Wildman–Crippen MR) is 117 cm³/mol. The molecule has 0 atom stereocenters. The van der Waals surface area contributed by atoms with E-state index in [1.54, 1.807) is 35.3 Å². The molecule has 0 saturated heterocycles. The average molecular weight is 451 g/mol. The second kappa shape index (κ2) is 8.32. The van der Waals surface area contributed by atoms with Crippen LogP contribution >= 0.6 is 0 Å². The molecule has 0 bridgehead atoms. The van der Waals surface area contributed by atoms with Crippen molar-refractivity contribution in [2.45, 2.75) is 25.7 Å². The molecule has 1 aromatic carbocycles. The average Bonchev–Trinajstić information content (AvgIpc) is 3.27. The van der Waals surface area contributed by atoms with Crippen molar-refractivity contribution in [3.63, 3.8) is 0 Å². The lowest BCUT2D eigenvalue weighted by molar-refractivity contribution is -0.137. The van der Waals surface area contributed by atoms with Gasteiger partial charge in [-0.15, -0.1) is 0 Å². The van der Waals surface area contributed by atoms with Crippen molar-refractivity contribution in [3.8, 4) is 17.1 Å². The molecule has 0 amide bonds. The number of nitrogens with zero attached hydrogens (tertiary/aromatic N) is 4.